The summed E-state index contributed by atoms with van der Waals surface area (Å²) in [7, 11) is 0. The van der Waals surface area contributed by atoms with Gasteiger partial charge in [-0.3, -0.25) is 4.79 Å². The van der Waals surface area contributed by atoms with Crippen LogP contribution in [0.2, 0.25) is 0 Å². The van der Waals surface area contributed by atoms with E-state index in [4.69, 9.17) is 4.74 Å². The van der Waals surface area contributed by atoms with Gasteiger partial charge in [-0.25, -0.2) is 4.79 Å². The third kappa shape index (κ3) is 4.18. The molecule has 6 rings (SSSR count). The van der Waals surface area contributed by atoms with E-state index in [0.29, 0.717) is 11.2 Å². The minimum Gasteiger partial charge on any atom is -0.410 e. The summed E-state index contributed by atoms with van der Waals surface area (Å²) in [5, 5.41) is 5.48. The maximum absolute atomic E-state index is 12.5. The number of hydrogen-bond donors (Lipinski definition) is 2. The van der Waals surface area contributed by atoms with Crippen molar-refractivity contribution in [2.24, 2.45) is 17.8 Å². The molecule has 0 spiro atoms. The molecule has 2 amide bonds. The lowest BCUT2D eigenvalue weighted by molar-refractivity contribution is -0.117. The molecule has 4 saturated carbocycles. The molecule has 4 aliphatic carbocycles. The van der Waals surface area contributed by atoms with Crippen LogP contribution in [-0.4, -0.2) is 18.0 Å². The lowest BCUT2D eigenvalue weighted by Gasteiger charge is -2.57. The van der Waals surface area contributed by atoms with Crippen molar-refractivity contribution >= 4 is 17.7 Å². The number of para-hydroxylation sites is 1. The van der Waals surface area contributed by atoms with E-state index in [-0.39, 0.29) is 5.91 Å². The smallest absolute Gasteiger partial charge is 0.410 e. The van der Waals surface area contributed by atoms with Crippen molar-refractivity contribution in [2.75, 3.05) is 5.32 Å². The number of carbonyl (C=O) groups is 2. The van der Waals surface area contributed by atoms with E-state index in [9.17, 15) is 9.59 Å². The number of rotatable bonds is 5. The molecule has 5 heteroatoms. The highest BCUT2D eigenvalue weighted by Gasteiger charge is 2.51. The summed E-state index contributed by atoms with van der Waals surface area (Å²) in [4.78, 5) is 24.5. The van der Waals surface area contributed by atoms with E-state index in [2.05, 4.69) is 22.8 Å². The van der Waals surface area contributed by atoms with Gasteiger partial charge in [-0.15, -0.1) is 0 Å². The Morgan fingerprint density at radius 3 is 2.06 bits per heavy atom. The molecule has 2 aromatic rings. The van der Waals surface area contributed by atoms with Gasteiger partial charge in [0.05, 0.1) is 0 Å². The average Bonchev–Trinajstić information content (AvgIpc) is 2.74. The SMILES string of the molecule is C[C@H](NC(=O)Oc1ccccc1)C(=O)Nc1ccc(C23CC4CC(CC(C4)C2)C3)cc1. The molecule has 162 valence electrons. The predicted molar refractivity (Wildman–Crippen MR) is 120 cm³/mol. The van der Waals surface area contributed by atoms with Crippen molar-refractivity contribution in [3.63, 3.8) is 0 Å². The molecule has 2 aromatic carbocycles. The third-order valence-electron chi connectivity index (χ3n) is 7.48. The Morgan fingerprint density at radius 1 is 0.903 bits per heavy atom. The molecule has 4 bridgehead atoms. The standard InChI is InChI=1S/C26H30N2O3/c1-17(27-25(30)31-23-5-3-2-4-6-23)24(29)28-22-9-7-21(8-10-22)26-14-18-11-19(15-26)13-20(12-18)16-26/h2-10,17-20H,11-16H2,1H3,(H,27,30)(H,28,29)/t17-,18?,19?,20?,26?/m0/s1. The topological polar surface area (TPSA) is 67.4 Å². The number of ether oxygens (including phenoxy) is 1. The van der Waals surface area contributed by atoms with Gasteiger partial charge in [-0.2, -0.15) is 0 Å². The summed E-state index contributed by atoms with van der Waals surface area (Å²) in [6.45, 7) is 1.64. The van der Waals surface area contributed by atoms with Crippen molar-refractivity contribution in [1.29, 1.82) is 0 Å². The van der Waals surface area contributed by atoms with Gasteiger partial charge in [-0.05, 0) is 98.4 Å². The van der Waals surface area contributed by atoms with Gasteiger partial charge >= 0.3 is 6.09 Å². The van der Waals surface area contributed by atoms with Crippen molar-refractivity contribution < 1.29 is 14.3 Å². The van der Waals surface area contributed by atoms with Crippen LogP contribution in [0.4, 0.5) is 10.5 Å². The van der Waals surface area contributed by atoms with Crippen LogP contribution in [0, 0.1) is 17.8 Å². The lowest BCUT2D eigenvalue weighted by atomic mass is 9.48. The monoisotopic (exact) mass is 418 g/mol. The fourth-order valence-corrected chi connectivity index (χ4v) is 6.49. The highest BCUT2D eigenvalue weighted by molar-refractivity contribution is 5.96. The number of nitrogens with one attached hydrogen (secondary N) is 2. The molecule has 31 heavy (non-hydrogen) atoms. The summed E-state index contributed by atoms with van der Waals surface area (Å²) in [6, 6.07) is 16.5. The van der Waals surface area contributed by atoms with Crippen molar-refractivity contribution in [3.8, 4) is 5.75 Å². The molecule has 1 atom stereocenters. The molecule has 0 radical (unpaired) electrons. The Balaban J connectivity index is 1.18. The van der Waals surface area contributed by atoms with E-state index < -0.39 is 12.1 Å². The molecular weight excluding hydrogens is 388 g/mol. The number of hydrogen-bond acceptors (Lipinski definition) is 3. The van der Waals surface area contributed by atoms with E-state index >= 15 is 0 Å². The Hall–Kier alpha value is -2.82. The molecule has 4 aliphatic rings. The van der Waals surface area contributed by atoms with Crippen molar-refractivity contribution in [1.82, 2.24) is 5.32 Å². The predicted octanol–water partition coefficient (Wildman–Crippen LogP) is 5.27. The quantitative estimate of drug-likeness (QED) is 0.695. The zero-order chi connectivity index (χ0) is 21.4. The first-order chi connectivity index (χ1) is 15.0. The first-order valence-electron chi connectivity index (χ1n) is 11.4. The summed E-state index contributed by atoms with van der Waals surface area (Å²) >= 11 is 0. The molecule has 2 N–H and O–H groups in total. The van der Waals surface area contributed by atoms with E-state index in [0.717, 1.165) is 23.4 Å². The maximum Gasteiger partial charge on any atom is 0.413 e. The number of carbonyl (C=O) groups excluding carboxylic acids is 2. The third-order valence-corrected chi connectivity index (χ3v) is 7.48. The minimum absolute atomic E-state index is 0.271. The maximum atomic E-state index is 12.5. The fourth-order valence-electron chi connectivity index (χ4n) is 6.49. The van der Waals surface area contributed by atoms with Crippen LogP contribution in [0.15, 0.2) is 54.6 Å². The molecule has 0 unspecified atom stereocenters. The van der Waals surface area contributed by atoms with Crippen LogP contribution in [0.5, 0.6) is 5.75 Å². The number of anilines is 1. The Bertz CT molecular complexity index is 919. The number of benzene rings is 2. The van der Waals surface area contributed by atoms with Gasteiger partial charge in [0.15, 0.2) is 0 Å². The second kappa shape index (κ2) is 8.03. The van der Waals surface area contributed by atoms with E-state index in [1.54, 1.807) is 31.2 Å². The Labute approximate surface area is 183 Å². The second-order valence-electron chi connectivity index (χ2n) is 9.83. The summed E-state index contributed by atoms with van der Waals surface area (Å²) in [5.41, 5.74) is 2.54. The first-order valence-corrected chi connectivity index (χ1v) is 11.4. The summed E-state index contributed by atoms with van der Waals surface area (Å²) < 4.78 is 5.19. The fraction of sp³-hybridized carbons (Fsp3) is 0.462. The molecule has 0 saturated heterocycles. The van der Waals surface area contributed by atoms with Gasteiger partial charge in [-0.1, -0.05) is 30.3 Å². The largest absolute Gasteiger partial charge is 0.413 e. The molecule has 0 aliphatic heterocycles. The average molecular weight is 419 g/mol. The van der Waals surface area contributed by atoms with Crippen LogP contribution in [-0.2, 0) is 10.2 Å². The lowest BCUT2D eigenvalue weighted by Crippen LogP contribution is -2.48. The van der Waals surface area contributed by atoms with Gasteiger partial charge in [0.1, 0.15) is 11.8 Å². The van der Waals surface area contributed by atoms with E-state index in [1.807, 2.05) is 18.2 Å². The van der Waals surface area contributed by atoms with Crippen molar-refractivity contribution in [3.05, 3.63) is 60.2 Å². The van der Waals surface area contributed by atoms with Gasteiger partial charge in [0.2, 0.25) is 5.91 Å². The molecule has 4 fully saturated rings. The Kier molecular flexibility index (Phi) is 5.20. The van der Waals surface area contributed by atoms with Crippen LogP contribution in [0.25, 0.3) is 0 Å². The summed E-state index contributed by atoms with van der Waals surface area (Å²) in [5.74, 6) is 2.90. The molecule has 0 heterocycles. The number of amides is 2. The normalized spacial score (nSPS) is 29.3. The van der Waals surface area contributed by atoms with Gasteiger partial charge in [0, 0.05) is 5.69 Å². The molecular formula is C26H30N2O3. The molecule has 0 aromatic heterocycles. The highest BCUT2D eigenvalue weighted by Crippen LogP contribution is 2.60. The van der Waals surface area contributed by atoms with Crippen molar-refractivity contribution in [2.45, 2.75) is 56.9 Å². The Morgan fingerprint density at radius 2 is 1.48 bits per heavy atom. The van der Waals surface area contributed by atoms with Crippen LogP contribution < -0.4 is 15.4 Å². The zero-order valence-electron chi connectivity index (χ0n) is 18.0. The second-order valence-corrected chi connectivity index (χ2v) is 9.83. The van der Waals surface area contributed by atoms with Crippen LogP contribution >= 0.6 is 0 Å². The zero-order valence-corrected chi connectivity index (χ0v) is 18.0. The van der Waals surface area contributed by atoms with Crippen LogP contribution in [0.3, 0.4) is 0 Å². The summed E-state index contributed by atoms with van der Waals surface area (Å²) in [6.07, 6.45) is 7.64. The minimum atomic E-state index is -0.709. The van der Waals surface area contributed by atoms with Gasteiger partial charge in [0.25, 0.3) is 0 Å². The van der Waals surface area contributed by atoms with Crippen LogP contribution in [0.1, 0.15) is 51.0 Å². The molecule has 5 nitrogen and oxygen atoms in total. The van der Waals surface area contributed by atoms with Gasteiger partial charge < -0.3 is 15.4 Å². The highest BCUT2D eigenvalue weighted by atomic mass is 16.6. The van der Waals surface area contributed by atoms with E-state index in [1.165, 1.54) is 44.1 Å². The first kappa shape index (κ1) is 20.1.